The molecule has 0 N–H and O–H groups in total. The Kier molecular flexibility index (Phi) is 20.2. The molecule has 32 rings (SSSR count). The molecule has 10 heterocycles. The lowest BCUT2D eigenvalue weighted by Gasteiger charge is -2.17. The maximum absolute atomic E-state index is 5.18. The summed E-state index contributed by atoms with van der Waals surface area (Å²) in [6.45, 7) is 4.46. The van der Waals surface area contributed by atoms with E-state index in [-0.39, 0.29) is 0 Å². The third kappa shape index (κ3) is 13.8. The molecule has 0 saturated heterocycles. The van der Waals surface area contributed by atoms with Crippen molar-refractivity contribution in [3.05, 3.63) is 545 Å². The third-order valence-corrected chi connectivity index (χ3v) is 30.6. The molecule has 10 aromatic heterocycles. The topological polar surface area (TPSA) is 57.3 Å². The maximum Gasteiger partial charge on any atom is 0.140 e. The molecule has 0 unspecified atom stereocenters. The Morgan fingerprint density at radius 1 is 0.114 bits per heavy atom. The van der Waals surface area contributed by atoms with Crippen LogP contribution in [0.3, 0.4) is 0 Å². The van der Waals surface area contributed by atoms with E-state index in [0.717, 1.165) is 28.7 Å². The van der Waals surface area contributed by atoms with Crippen molar-refractivity contribution in [3.63, 3.8) is 0 Å². The molecule has 0 fully saturated rings. The van der Waals surface area contributed by atoms with Gasteiger partial charge in [0.25, 0.3) is 0 Å². The van der Waals surface area contributed by atoms with E-state index in [1.54, 1.807) is 0 Å². The highest BCUT2D eigenvalue weighted by molar-refractivity contribution is 6.17. The van der Waals surface area contributed by atoms with Gasteiger partial charge >= 0.3 is 0 Å². The summed E-state index contributed by atoms with van der Waals surface area (Å²) < 4.78 is 21.4. The number of pyridine rings is 1. The second kappa shape index (κ2) is 35.1. The van der Waals surface area contributed by atoms with Crippen LogP contribution in [0.4, 0.5) is 0 Å². The number of aromatic nitrogens is 10. The number of fused-ring (bicyclic) bond motifs is 27. The van der Waals surface area contributed by atoms with Crippen LogP contribution in [0.15, 0.2) is 534 Å². The SMILES string of the molecule is Cc1cc(-n2c3ccccc3c3ccccc32)ccc1-c1ccc(-n2c3ccccc3c3ccccc32)cc1C.c1cc(-n2c3ccccc3c3ccccc32)cc(-n2c3ccccc3c3ccccc32)c1.c1cc(-n2c3ccccc3c3ccccc32)nc(-n2c3ccccc3c3ccccc32)c1.c1ccc2c(c1)c1ccccc1n2-c1cc(-n2c3ccccc3c3ccccc32)cc(-n2c3ccccc3c3ccccc32)c1. The average molecular weight is 1900 g/mol. The molecule has 0 bridgehead atoms. The van der Waals surface area contributed by atoms with Gasteiger partial charge in [-0.25, -0.2) is 4.98 Å². The lowest BCUT2D eigenvalue weighted by atomic mass is 9.95. The molecule has 0 saturated carbocycles. The van der Waals surface area contributed by atoms with Crippen LogP contribution < -0.4 is 0 Å². The fourth-order valence-corrected chi connectivity index (χ4v) is 24.3. The van der Waals surface area contributed by atoms with Gasteiger partial charge in [-0.1, -0.05) is 352 Å². The van der Waals surface area contributed by atoms with E-state index >= 15 is 0 Å². The highest BCUT2D eigenvalue weighted by atomic mass is 15.1. The van der Waals surface area contributed by atoms with Crippen molar-refractivity contribution in [2.24, 2.45) is 0 Å². The zero-order chi connectivity index (χ0) is 98.4. The normalized spacial score (nSPS) is 11.8. The highest BCUT2D eigenvalue weighted by Crippen LogP contribution is 2.45. The third-order valence-electron chi connectivity index (χ3n) is 30.6. The first-order chi connectivity index (χ1) is 73.8. The minimum absolute atomic E-state index is 0.918. The standard InChI is InChI=1S/C42H27N3.C38H28N2.C30H20N2.C29H19N3/c1-7-19-37-31(13-1)32-14-2-8-20-38(32)43(37)28-25-29(44-39-21-9-3-15-33(39)34-16-4-10-22-40(34)44)27-30(26-28)45-41-23-11-5-17-35(41)36-18-6-12-24-42(36)45;1-25-23-27(39-35-15-7-3-11-31(35)32-12-4-8-16-36(32)39)19-21-29(25)30-22-20-28(24-26(30)2)40-37-17-9-5-13-33(37)34-14-6-10-18-38(34)40;1-5-16-27-23(12-1)24-13-2-6-17-28(24)31(27)21-10-9-11-22(20-21)32-29-18-7-3-14-25(29)26-15-4-8-19-30(26)32;1-5-14-24-20(10-1)21-11-2-6-15-25(21)31(24)28-18-9-19-29(30-28)32-26-16-7-3-12-22(26)23-13-4-8-17-27(23)32/h1-27H;3-24H,1-2H3;1-20H;1-19H. The quantitative estimate of drug-likeness (QED) is 0.135. The lowest BCUT2D eigenvalue weighted by molar-refractivity contribution is 1.01. The second-order valence-electron chi connectivity index (χ2n) is 38.9. The predicted octanol–water partition coefficient (Wildman–Crippen LogP) is 36.3. The summed E-state index contributed by atoms with van der Waals surface area (Å²) >= 11 is 0. The zero-order valence-electron chi connectivity index (χ0n) is 81.8. The summed E-state index contributed by atoms with van der Waals surface area (Å²) in [7, 11) is 0. The summed E-state index contributed by atoms with van der Waals surface area (Å²) in [6.07, 6.45) is 0. The second-order valence-corrected chi connectivity index (χ2v) is 38.9. The maximum atomic E-state index is 5.18. The fourth-order valence-electron chi connectivity index (χ4n) is 24.3. The Morgan fingerprint density at radius 3 is 0.416 bits per heavy atom. The van der Waals surface area contributed by atoms with Crippen molar-refractivity contribution in [1.82, 2.24) is 46.1 Å². The van der Waals surface area contributed by atoms with Crippen molar-refractivity contribution >= 4 is 196 Å². The molecule has 0 atom stereocenters. The number of para-hydroxylation sites is 18. The molecule has 0 spiro atoms. The van der Waals surface area contributed by atoms with Gasteiger partial charge in [0.05, 0.1) is 116 Å². The molecular weight excluding hydrogens is 1810 g/mol. The van der Waals surface area contributed by atoms with Crippen LogP contribution >= 0.6 is 0 Å². The van der Waals surface area contributed by atoms with Crippen molar-refractivity contribution in [1.29, 1.82) is 0 Å². The number of nitrogens with zero attached hydrogens (tertiary/aromatic N) is 10. The Morgan fingerprint density at radius 2 is 0.248 bits per heavy atom. The summed E-state index contributed by atoms with van der Waals surface area (Å²) in [5.74, 6) is 1.84. The molecule has 0 aliphatic carbocycles. The van der Waals surface area contributed by atoms with Gasteiger partial charge in [0, 0.05) is 120 Å². The van der Waals surface area contributed by atoms with E-state index in [9.17, 15) is 0 Å². The molecule has 0 radical (unpaired) electrons. The van der Waals surface area contributed by atoms with Crippen LogP contribution in [0.25, 0.3) is 259 Å². The van der Waals surface area contributed by atoms with E-state index in [0.29, 0.717) is 0 Å². The smallest absolute Gasteiger partial charge is 0.140 e. The molecule has 0 aliphatic heterocycles. The van der Waals surface area contributed by atoms with E-state index in [1.807, 2.05) is 0 Å². The molecule has 32 aromatic rings. The number of benzene rings is 22. The average Bonchev–Trinajstić information content (AvgIpc) is 1.56. The highest BCUT2D eigenvalue weighted by Gasteiger charge is 2.25. The van der Waals surface area contributed by atoms with E-state index < -0.39 is 0 Å². The van der Waals surface area contributed by atoms with Gasteiger partial charge in [-0.05, 0) is 218 Å². The molecule has 700 valence electrons. The van der Waals surface area contributed by atoms with E-state index in [2.05, 4.69) is 589 Å². The molecule has 149 heavy (non-hydrogen) atoms. The first-order valence-corrected chi connectivity index (χ1v) is 51.2. The van der Waals surface area contributed by atoms with Gasteiger partial charge in [-0.2, -0.15) is 0 Å². The lowest BCUT2D eigenvalue weighted by Crippen LogP contribution is -2.03. The van der Waals surface area contributed by atoms with Gasteiger partial charge in [0.1, 0.15) is 11.6 Å². The molecule has 10 heteroatoms. The first-order valence-electron chi connectivity index (χ1n) is 51.2. The van der Waals surface area contributed by atoms with Gasteiger partial charge in [0.15, 0.2) is 0 Å². The summed E-state index contributed by atoms with van der Waals surface area (Å²) in [5.41, 5.74) is 34.9. The van der Waals surface area contributed by atoms with Crippen molar-refractivity contribution in [3.8, 4) is 62.6 Å². The Hall–Kier alpha value is -19.8. The fraction of sp³-hybridized carbons (Fsp3) is 0.0144. The number of aryl methyl sites for hydroxylation is 2. The summed E-state index contributed by atoms with van der Waals surface area (Å²) in [4.78, 5) is 5.18. The van der Waals surface area contributed by atoms with Crippen LogP contribution in [0.1, 0.15) is 11.1 Å². The number of hydrogen-bond donors (Lipinski definition) is 0. The van der Waals surface area contributed by atoms with Gasteiger partial charge in [-0.3, -0.25) is 9.13 Å². The van der Waals surface area contributed by atoms with Crippen molar-refractivity contribution in [2.75, 3.05) is 0 Å². The predicted molar refractivity (Wildman–Crippen MR) is 628 cm³/mol. The largest absolute Gasteiger partial charge is 0.309 e. The minimum atomic E-state index is 0.918. The van der Waals surface area contributed by atoms with Crippen molar-refractivity contribution < 1.29 is 0 Å². The van der Waals surface area contributed by atoms with Crippen LogP contribution in [0.2, 0.25) is 0 Å². The summed E-state index contributed by atoms with van der Waals surface area (Å²) in [5, 5.41) is 22.8. The summed E-state index contributed by atoms with van der Waals surface area (Å²) in [6, 6.07) is 192. The van der Waals surface area contributed by atoms with Crippen LogP contribution in [-0.4, -0.2) is 46.1 Å². The first kappa shape index (κ1) is 85.9. The Bertz CT molecular complexity index is 9560. The van der Waals surface area contributed by atoms with Crippen LogP contribution in [0, 0.1) is 13.8 Å². The van der Waals surface area contributed by atoms with Crippen molar-refractivity contribution in [2.45, 2.75) is 13.8 Å². The van der Waals surface area contributed by atoms with E-state index in [4.69, 9.17) is 4.98 Å². The number of hydrogen-bond acceptors (Lipinski definition) is 1. The zero-order valence-corrected chi connectivity index (χ0v) is 81.8. The number of rotatable bonds is 10. The van der Waals surface area contributed by atoms with Gasteiger partial charge in [0.2, 0.25) is 0 Å². The molecular formula is C139H94N10. The van der Waals surface area contributed by atoms with Gasteiger partial charge < -0.3 is 32.0 Å². The van der Waals surface area contributed by atoms with Crippen LogP contribution in [0.5, 0.6) is 0 Å². The monoisotopic (exact) mass is 1900 g/mol. The molecule has 22 aromatic carbocycles. The van der Waals surface area contributed by atoms with Crippen LogP contribution in [-0.2, 0) is 0 Å². The molecule has 0 aliphatic rings. The molecule has 10 nitrogen and oxygen atoms in total. The Labute approximate surface area is 857 Å². The minimum Gasteiger partial charge on any atom is -0.309 e. The van der Waals surface area contributed by atoms with Gasteiger partial charge in [-0.15, -0.1) is 0 Å². The molecule has 0 amide bonds. The van der Waals surface area contributed by atoms with E-state index in [1.165, 1.54) is 241 Å². The Balaban J connectivity index is 0.0000000944.